The molecule has 0 aliphatic carbocycles. The first-order chi connectivity index (χ1) is 12.7. The van der Waals surface area contributed by atoms with Crippen molar-refractivity contribution in [3.8, 4) is 17.1 Å². The maximum Gasteiger partial charge on any atom is 0.261 e. The normalized spacial score (nSPS) is 20.0. The average Bonchev–Trinajstić information content (AvgIpc) is 3.41. The lowest BCUT2D eigenvalue weighted by Gasteiger charge is -2.19. The molecule has 2 N–H and O–H groups in total. The molecule has 0 radical (unpaired) electrons. The maximum atomic E-state index is 13.3. The number of amides is 1. The molecule has 2 saturated heterocycles. The third kappa shape index (κ3) is 3.03. The Morgan fingerprint density at radius 2 is 1.96 bits per heavy atom. The van der Waals surface area contributed by atoms with Crippen molar-refractivity contribution in [2.24, 2.45) is 5.73 Å². The van der Waals surface area contributed by atoms with E-state index in [1.807, 2.05) is 29.2 Å². The van der Waals surface area contributed by atoms with Gasteiger partial charge in [-0.05, 0) is 43.5 Å². The Morgan fingerprint density at radius 1 is 1.23 bits per heavy atom. The summed E-state index contributed by atoms with van der Waals surface area (Å²) < 4.78 is 10.9. The summed E-state index contributed by atoms with van der Waals surface area (Å²) in [4.78, 5) is 17.2. The van der Waals surface area contributed by atoms with Crippen LogP contribution in [-0.2, 0) is 0 Å². The van der Waals surface area contributed by atoms with E-state index >= 15 is 0 Å². The number of hydrogen-bond acceptors (Lipinski definition) is 6. The largest absolute Gasteiger partial charge is 0.497 e. The predicted molar refractivity (Wildman–Crippen MR) is 98.4 cm³/mol. The fraction of sp³-hybridized carbons (Fsp3) is 0.474. The number of carbonyl (C=O) groups is 1. The topological polar surface area (TPSA) is 84.8 Å². The molecular weight excluding hydrogens is 332 g/mol. The lowest BCUT2D eigenvalue weighted by Crippen LogP contribution is -2.33. The molecule has 0 spiro atoms. The number of aromatic nitrogens is 1. The second kappa shape index (κ2) is 6.99. The van der Waals surface area contributed by atoms with Crippen LogP contribution in [0.1, 0.15) is 29.6 Å². The quantitative estimate of drug-likeness (QED) is 0.903. The molecule has 1 atom stereocenters. The van der Waals surface area contributed by atoms with E-state index in [2.05, 4.69) is 10.1 Å². The molecule has 2 fully saturated rings. The molecule has 3 heterocycles. The van der Waals surface area contributed by atoms with Crippen LogP contribution < -0.4 is 15.4 Å². The summed E-state index contributed by atoms with van der Waals surface area (Å²) in [5, 5.41) is 4.27. The van der Waals surface area contributed by atoms with Crippen molar-refractivity contribution in [3.63, 3.8) is 0 Å². The van der Waals surface area contributed by atoms with Crippen LogP contribution in [0.3, 0.4) is 0 Å². The summed E-state index contributed by atoms with van der Waals surface area (Å²) in [6.07, 6.45) is 3.04. The van der Waals surface area contributed by atoms with Crippen LogP contribution in [0.15, 0.2) is 28.8 Å². The van der Waals surface area contributed by atoms with E-state index in [4.69, 9.17) is 15.0 Å². The average molecular weight is 356 g/mol. The summed E-state index contributed by atoms with van der Waals surface area (Å²) in [5.41, 5.74) is 7.36. The zero-order valence-corrected chi connectivity index (χ0v) is 15.0. The number of methoxy groups -OCH3 is 1. The highest BCUT2D eigenvalue weighted by Crippen LogP contribution is 2.35. The minimum atomic E-state index is -0.0491. The van der Waals surface area contributed by atoms with Gasteiger partial charge in [0.15, 0.2) is 11.6 Å². The molecule has 0 unspecified atom stereocenters. The van der Waals surface area contributed by atoms with Crippen LogP contribution in [0.2, 0.25) is 0 Å². The monoisotopic (exact) mass is 356 g/mol. The molecular formula is C19H24N4O3. The van der Waals surface area contributed by atoms with Crippen molar-refractivity contribution in [3.05, 3.63) is 29.8 Å². The van der Waals surface area contributed by atoms with Gasteiger partial charge in [0.05, 0.1) is 7.11 Å². The maximum absolute atomic E-state index is 13.3. The third-order valence-corrected chi connectivity index (χ3v) is 5.16. The van der Waals surface area contributed by atoms with Gasteiger partial charge in [-0.1, -0.05) is 5.16 Å². The van der Waals surface area contributed by atoms with E-state index in [1.165, 1.54) is 0 Å². The van der Waals surface area contributed by atoms with Gasteiger partial charge in [-0.3, -0.25) is 4.79 Å². The summed E-state index contributed by atoms with van der Waals surface area (Å²) in [6, 6.07) is 7.53. The van der Waals surface area contributed by atoms with Gasteiger partial charge in [0.1, 0.15) is 11.3 Å². The third-order valence-electron chi connectivity index (χ3n) is 5.16. The van der Waals surface area contributed by atoms with Crippen LogP contribution in [0, 0.1) is 0 Å². The molecule has 7 heteroatoms. The standard InChI is InChI=1S/C19H24N4O3/c1-25-15-6-4-13(5-7-15)17-16(19(24)23-11-8-14(20)12-23)18(21-26-17)22-9-2-3-10-22/h4-7,14H,2-3,8-12,20H2,1H3/t14-/m0/s1. The number of nitrogens with two attached hydrogens (primary N) is 1. The molecule has 1 aromatic carbocycles. The van der Waals surface area contributed by atoms with Crippen molar-refractivity contribution < 1.29 is 14.1 Å². The van der Waals surface area contributed by atoms with E-state index in [0.29, 0.717) is 30.2 Å². The highest BCUT2D eigenvalue weighted by Gasteiger charge is 2.34. The van der Waals surface area contributed by atoms with Gasteiger partial charge in [-0.25, -0.2) is 0 Å². The fourth-order valence-corrected chi connectivity index (χ4v) is 3.69. The first kappa shape index (κ1) is 16.9. The highest BCUT2D eigenvalue weighted by molar-refractivity contribution is 6.04. The summed E-state index contributed by atoms with van der Waals surface area (Å²) in [5.74, 6) is 1.87. The Balaban J connectivity index is 1.74. The van der Waals surface area contributed by atoms with Gasteiger partial charge in [0.2, 0.25) is 0 Å². The molecule has 1 amide bonds. The molecule has 138 valence electrons. The molecule has 0 saturated carbocycles. The van der Waals surface area contributed by atoms with Crippen LogP contribution in [0.25, 0.3) is 11.3 Å². The number of hydrogen-bond donors (Lipinski definition) is 1. The van der Waals surface area contributed by atoms with Crippen LogP contribution in [-0.4, -0.2) is 55.3 Å². The first-order valence-electron chi connectivity index (χ1n) is 9.11. The van der Waals surface area contributed by atoms with Crippen molar-refractivity contribution in [2.75, 3.05) is 38.2 Å². The fourth-order valence-electron chi connectivity index (χ4n) is 3.69. The van der Waals surface area contributed by atoms with Gasteiger partial charge in [0, 0.05) is 37.8 Å². The molecule has 4 rings (SSSR count). The van der Waals surface area contributed by atoms with Gasteiger partial charge in [-0.15, -0.1) is 0 Å². The number of carbonyl (C=O) groups excluding carboxylic acids is 1. The Morgan fingerprint density at radius 3 is 2.58 bits per heavy atom. The van der Waals surface area contributed by atoms with Gasteiger partial charge >= 0.3 is 0 Å². The van der Waals surface area contributed by atoms with E-state index in [1.54, 1.807) is 7.11 Å². The number of benzene rings is 1. The molecule has 1 aromatic heterocycles. The van der Waals surface area contributed by atoms with Gasteiger partial charge in [-0.2, -0.15) is 0 Å². The van der Waals surface area contributed by atoms with Crippen molar-refractivity contribution in [2.45, 2.75) is 25.3 Å². The Labute approximate surface area is 152 Å². The zero-order chi connectivity index (χ0) is 18.1. The molecule has 2 aliphatic rings. The van der Waals surface area contributed by atoms with Crippen molar-refractivity contribution in [1.82, 2.24) is 10.1 Å². The van der Waals surface area contributed by atoms with Gasteiger partial charge < -0.3 is 24.8 Å². The summed E-state index contributed by atoms with van der Waals surface area (Å²) in [6.45, 7) is 3.04. The number of nitrogens with zero attached hydrogens (tertiary/aromatic N) is 3. The lowest BCUT2D eigenvalue weighted by atomic mass is 10.1. The number of ether oxygens (including phenoxy) is 1. The number of anilines is 1. The molecule has 2 aliphatic heterocycles. The predicted octanol–water partition coefficient (Wildman–Crippen LogP) is 2.12. The van der Waals surface area contributed by atoms with Crippen molar-refractivity contribution in [1.29, 1.82) is 0 Å². The SMILES string of the molecule is COc1ccc(-c2onc(N3CCCC3)c2C(=O)N2CC[C@H](N)C2)cc1. The Hall–Kier alpha value is -2.54. The second-order valence-corrected chi connectivity index (χ2v) is 6.93. The Bertz CT molecular complexity index is 781. The van der Waals surface area contributed by atoms with E-state index in [0.717, 1.165) is 43.7 Å². The van der Waals surface area contributed by atoms with Crippen LogP contribution >= 0.6 is 0 Å². The van der Waals surface area contributed by atoms with Crippen molar-refractivity contribution >= 4 is 11.7 Å². The highest BCUT2D eigenvalue weighted by atomic mass is 16.5. The molecule has 2 aromatic rings. The second-order valence-electron chi connectivity index (χ2n) is 6.93. The van der Waals surface area contributed by atoms with E-state index < -0.39 is 0 Å². The smallest absolute Gasteiger partial charge is 0.261 e. The molecule has 0 bridgehead atoms. The van der Waals surface area contributed by atoms with E-state index in [9.17, 15) is 4.79 Å². The van der Waals surface area contributed by atoms with Crippen LogP contribution in [0.5, 0.6) is 5.75 Å². The van der Waals surface area contributed by atoms with Gasteiger partial charge in [0.25, 0.3) is 5.91 Å². The number of rotatable bonds is 4. The summed E-state index contributed by atoms with van der Waals surface area (Å²) in [7, 11) is 1.63. The van der Waals surface area contributed by atoms with Crippen LogP contribution in [0.4, 0.5) is 5.82 Å². The Kier molecular flexibility index (Phi) is 4.55. The number of likely N-dealkylation sites (tertiary alicyclic amines) is 1. The lowest BCUT2D eigenvalue weighted by molar-refractivity contribution is 0.0791. The zero-order valence-electron chi connectivity index (χ0n) is 15.0. The minimum Gasteiger partial charge on any atom is -0.497 e. The summed E-state index contributed by atoms with van der Waals surface area (Å²) >= 11 is 0. The minimum absolute atomic E-state index is 0.0403. The first-order valence-corrected chi connectivity index (χ1v) is 9.11. The molecule has 26 heavy (non-hydrogen) atoms. The van der Waals surface area contributed by atoms with E-state index in [-0.39, 0.29) is 11.9 Å². The molecule has 7 nitrogen and oxygen atoms in total.